The lowest BCUT2D eigenvalue weighted by molar-refractivity contribution is -0.659. The van der Waals surface area contributed by atoms with E-state index in [1.807, 2.05) is 36.4 Å². The highest BCUT2D eigenvalue weighted by molar-refractivity contribution is 7.16. The van der Waals surface area contributed by atoms with Crippen LogP contribution in [0, 0.1) is 0 Å². The van der Waals surface area contributed by atoms with E-state index >= 15 is 0 Å². The van der Waals surface area contributed by atoms with Crippen molar-refractivity contribution in [3.05, 3.63) is 71.9 Å². The Balaban J connectivity index is 2.09. The molecule has 0 saturated carbocycles. The molecule has 0 radical (unpaired) electrons. The second-order valence-electron chi connectivity index (χ2n) is 4.66. The standard InChI is InChI=1S/C17H13NO2S/c1-18-14(15(19)12-8-4-2-5-9-12)17(20)21-16(18)13-10-6-3-7-11-13/h2-11H,1H3. The molecule has 0 aliphatic carbocycles. The fraction of sp³-hybridized carbons (Fsp3) is 0.0588. The van der Waals surface area contributed by atoms with Gasteiger partial charge in [0.05, 0.1) is 5.56 Å². The molecule has 0 saturated heterocycles. The first kappa shape index (κ1) is 13.5. The van der Waals surface area contributed by atoms with Crippen molar-refractivity contribution >= 4 is 17.1 Å². The summed E-state index contributed by atoms with van der Waals surface area (Å²) in [6.07, 6.45) is 0. The third kappa shape index (κ3) is 2.45. The van der Waals surface area contributed by atoms with Gasteiger partial charge in [-0.15, -0.1) is 0 Å². The Labute approximate surface area is 126 Å². The molecule has 3 rings (SSSR count). The highest BCUT2D eigenvalue weighted by atomic mass is 32.1. The topological polar surface area (TPSA) is 44.0 Å². The Morgan fingerprint density at radius 3 is 2.19 bits per heavy atom. The largest absolute Gasteiger partial charge is 0.860 e. The molecule has 0 unspecified atom stereocenters. The molecule has 0 spiro atoms. The van der Waals surface area contributed by atoms with E-state index in [0.717, 1.165) is 21.9 Å². The molecule has 0 fully saturated rings. The Morgan fingerprint density at radius 1 is 1.00 bits per heavy atom. The summed E-state index contributed by atoms with van der Waals surface area (Å²) in [5.41, 5.74) is 1.68. The summed E-state index contributed by atoms with van der Waals surface area (Å²) in [6, 6.07) is 18.5. The van der Waals surface area contributed by atoms with Gasteiger partial charge in [0.25, 0.3) is 16.5 Å². The summed E-state index contributed by atoms with van der Waals surface area (Å²) in [6.45, 7) is 0. The van der Waals surface area contributed by atoms with Crippen LogP contribution in [0.5, 0.6) is 5.06 Å². The Morgan fingerprint density at radius 2 is 1.57 bits per heavy atom. The second kappa shape index (κ2) is 5.50. The summed E-state index contributed by atoms with van der Waals surface area (Å²) in [5.74, 6) is -0.235. The smallest absolute Gasteiger partial charge is 0.268 e. The molecule has 0 bridgehead atoms. The minimum atomic E-state index is -0.235. The number of aromatic nitrogens is 1. The SMILES string of the molecule is C[n+]1c(-c2ccccc2)sc([O-])c1C(=O)c1ccccc1. The van der Waals surface area contributed by atoms with Crippen molar-refractivity contribution < 1.29 is 14.5 Å². The van der Waals surface area contributed by atoms with Crippen molar-refractivity contribution in [2.45, 2.75) is 0 Å². The van der Waals surface area contributed by atoms with E-state index < -0.39 is 0 Å². The number of hydrogen-bond acceptors (Lipinski definition) is 3. The molecule has 0 N–H and O–H groups in total. The maximum absolute atomic E-state index is 12.5. The number of hydrogen-bond donors (Lipinski definition) is 0. The molecular formula is C17H13NO2S. The van der Waals surface area contributed by atoms with E-state index in [1.54, 1.807) is 35.9 Å². The van der Waals surface area contributed by atoms with Crippen LogP contribution in [-0.4, -0.2) is 5.78 Å². The van der Waals surface area contributed by atoms with Crippen molar-refractivity contribution in [2.75, 3.05) is 0 Å². The van der Waals surface area contributed by atoms with E-state index in [2.05, 4.69) is 0 Å². The van der Waals surface area contributed by atoms with Crippen molar-refractivity contribution in [3.8, 4) is 15.6 Å². The highest BCUT2D eigenvalue weighted by Crippen LogP contribution is 2.30. The second-order valence-corrected chi connectivity index (χ2v) is 5.63. The summed E-state index contributed by atoms with van der Waals surface area (Å²) >= 11 is 1.10. The zero-order chi connectivity index (χ0) is 14.8. The van der Waals surface area contributed by atoms with Crippen LogP contribution in [0.25, 0.3) is 10.6 Å². The van der Waals surface area contributed by atoms with Gasteiger partial charge in [0.15, 0.2) is 0 Å². The maximum Gasteiger partial charge on any atom is 0.268 e. The molecule has 104 valence electrons. The number of benzene rings is 2. The van der Waals surface area contributed by atoms with Crippen LogP contribution in [0.3, 0.4) is 0 Å². The number of nitrogens with zero attached hydrogens (tertiary/aromatic N) is 1. The Bertz CT molecular complexity index is 779. The number of carbonyl (C=O) groups excluding carboxylic acids is 1. The molecule has 0 atom stereocenters. The minimum absolute atomic E-state index is 0.204. The van der Waals surface area contributed by atoms with Gasteiger partial charge in [0.1, 0.15) is 7.05 Å². The van der Waals surface area contributed by atoms with Crippen LogP contribution in [0.1, 0.15) is 16.1 Å². The van der Waals surface area contributed by atoms with Gasteiger partial charge in [0.2, 0.25) is 0 Å². The van der Waals surface area contributed by atoms with E-state index in [1.165, 1.54) is 0 Å². The molecule has 0 aliphatic heterocycles. The van der Waals surface area contributed by atoms with Crippen molar-refractivity contribution in [3.63, 3.8) is 0 Å². The number of thiazole rings is 1. The van der Waals surface area contributed by atoms with Crippen LogP contribution in [-0.2, 0) is 7.05 Å². The lowest BCUT2D eigenvalue weighted by Gasteiger charge is -2.01. The van der Waals surface area contributed by atoms with Crippen LogP contribution in [0.15, 0.2) is 60.7 Å². The fourth-order valence-corrected chi connectivity index (χ4v) is 3.23. The summed E-state index contributed by atoms with van der Waals surface area (Å²) in [5, 5.41) is 12.8. The van der Waals surface area contributed by atoms with Crippen molar-refractivity contribution in [1.29, 1.82) is 0 Å². The van der Waals surface area contributed by atoms with E-state index in [0.29, 0.717) is 5.56 Å². The average Bonchev–Trinajstić information content (AvgIpc) is 2.83. The lowest BCUT2D eigenvalue weighted by atomic mass is 10.1. The minimum Gasteiger partial charge on any atom is -0.860 e. The molecule has 3 aromatic rings. The van der Waals surface area contributed by atoms with Gasteiger partial charge in [-0.05, 0) is 12.1 Å². The summed E-state index contributed by atoms with van der Waals surface area (Å²) < 4.78 is 1.69. The van der Waals surface area contributed by atoms with Crippen LogP contribution >= 0.6 is 11.3 Å². The van der Waals surface area contributed by atoms with Crippen LogP contribution in [0.4, 0.5) is 0 Å². The van der Waals surface area contributed by atoms with Gasteiger partial charge in [-0.3, -0.25) is 4.79 Å². The first-order valence-electron chi connectivity index (χ1n) is 6.53. The van der Waals surface area contributed by atoms with Gasteiger partial charge < -0.3 is 5.11 Å². The van der Waals surface area contributed by atoms with E-state index in [9.17, 15) is 9.90 Å². The van der Waals surface area contributed by atoms with Gasteiger partial charge in [-0.25, -0.2) is 0 Å². The average molecular weight is 295 g/mol. The number of ketones is 1. The zero-order valence-corrected chi connectivity index (χ0v) is 12.3. The van der Waals surface area contributed by atoms with Crippen molar-refractivity contribution in [2.24, 2.45) is 7.05 Å². The van der Waals surface area contributed by atoms with E-state index in [-0.39, 0.29) is 16.5 Å². The molecule has 0 aliphatic rings. The Hall–Kier alpha value is -2.46. The van der Waals surface area contributed by atoms with Gasteiger partial charge >= 0.3 is 0 Å². The summed E-state index contributed by atoms with van der Waals surface area (Å²) in [7, 11) is 1.76. The molecule has 21 heavy (non-hydrogen) atoms. The molecule has 3 nitrogen and oxygen atoms in total. The first-order valence-corrected chi connectivity index (χ1v) is 7.35. The lowest BCUT2D eigenvalue weighted by Crippen LogP contribution is -2.36. The predicted molar refractivity (Wildman–Crippen MR) is 80.3 cm³/mol. The molecule has 2 aromatic carbocycles. The van der Waals surface area contributed by atoms with Crippen LogP contribution < -0.4 is 9.67 Å². The monoisotopic (exact) mass is 295 g/mol. The summed E-state index contributed by atoms with van der Waals surface area (Å²) in [4.78, 5) is 12.5. The number of carbonyl (C=O) groups is 1. The maximum atomic E-state index is 12.5. The van der Waals surface area contributed by atoms with Gasteiger partial charge in [-0.2, -0.15) is 4.57 Å². The first-order chi connectivity index (χ1) is 10.2. The van der Waals surface area contributed by atoms with Gasteiger partial charge in [0, 0.05) is 10.6 Å². The van der Waals surface area contributed by atoms with Crippen LogP contribution in [0.2, 0.25) is 0 Å². The molecule has 1 aromatic heterocycles. The quantitative estimate of drug-likeness (QED) is 0.550. The third-order valence-electron chi connectivity index (χ3n) is 3.29. The molecular weight excluding hydrogens is 282 g/mol. The normalized spacial score (nSPS) is 10.5. The molecule has 4 heteroatoms. The molecule has 0 amide bonds. The van der Waals surface area contributed by atoms with E-state index in [4.69, 9.17) is 0 Å². The molecule has 1 heterocycles. The highest BCUT2D eigenvalue weighted by Gasteiger charge is 2.26. The Kier molecular flexibility index (Phi) is 3.54. The third-order valence-corrected chi connectivity index (χ3v) is 4.38. The number of rotatable bonds is 3. The van der Waals surface area contributed by atoms with Crippen molar-refractivity contribution in [1.82, 2.24) is 0 Å². The fourth-order valence-electron chi connectivity index (χ4n) is 2.25. The predicted octanol–water partition coefficient (Wildman–Crippen LogP) is 2.54. The van der Waals surface area contributed by atoms with Gasteiger partial charge in [-0.1, -0.05) is 59.9 Å². The zero-order valence-electron chi connectivity index (χ0n) is 11.4.